The standard InChI is InChI=1S/C50H33NO/c1-3-14-34(15-4-1)35-26-28-36(29-27-35)37-30-32-39(33-31-37)51(46-24-13-23-45-42-20-11-12-25-47(42)52-50(45)46)49-44-22-10-8-19-41(44)40-18-7-9-21-43(40)48(49)38-16-5-2-6-17-38/h1-33H. The minimum Gasteiger partial charge on any atom is -0.454 e. The van der Waals surface area contributed by atoms with Crippen molar-refractivity contribution in [2.45, 2.75) is 0 Å². The Labute approximate surface area is 302 Å². The van der Waals surface area contributed by atoms with Crippen molar-refractivity contribution >= 4 is 60.5 Å². The van der Waals surface area contributed by atoms with Gasteiger partial charge in [0.05, 0.1) is 11.4 Å². The van der Waals surface area contributed by atoms with Crippen LogP contribution >= 0.6 is 0 Å². The molecule has 0 N–H and O–H groups in total. The molecule has 2 heteroatoms. The van der Waals surface area contributed by atoms with Gasteiger partial charge in [-0.05, 0) is 68.2 Å². The summed E-state index contributed by atoms with van der Waals surface area (Å²) in [5.41, 5.74) is 12.0. The fourth-order valence-corrected chi connectivity index (χ4v) is 7.84. The van der Waals surface area contributed by atoms with Gasteiger partial charge in [-0.15, -0.1) is 0 Å². The van der Waals surface area contributed by atoms with Gasteiger partial charge in [0.2, 0.25) is 0 Å². The van der Waals surface area contributed by atoms with E-state index in [1.807, 2.05) is 6.07 Å². The average Bonchev–Trinajstić information content (AvgIpc) is 3.61. The molecule has 52 heavy (non-hydrogen) atoms. The molecule has 0 bridgehead atoms. The van der Waals surface area contributed by atoms with E-state index in [2.05, 4.69) is 199 Å². The minimum atomic E-state index is 0.862. The zero-order valence-electron chi connectivity index (χ0n) is 28.4. The molecule has 9 aromatic carbocycles. The number of para-hydroxylation sites is 2. The predicted octanol–water partition coefficient (Wildman–Crippen LogP) is 14.4. The first-order valence-corrected chi connectivity index (χ1v) is 17.8. The van der Waals surface area contributed by atoms with Gasteiger partial charge in [-0.3, -0.25) is 0 Å². The van der Waals surface area contributed by atoms with E-state index in [1.165, 1.54) is 43.8 Å². The van der Waals surface area contributed by atoms with Gasteiger partial charge in [-0.25, -0.2) is 0 Å². The van der Waals surface area contributed by atoms with Crippen LogP contribution in [0.3, 0.4) is 0 Å². The second kappa shape index (κ2) is 12.5. The van der Waals surface area contributed by atoms with Crippen molar-refractivity contribution in [2.24, 2.45) is 0 Å². The Morgan fingerprint density at radius 2 is 0.769 bits per heavy atom. The molecule has 0 saturated heterocycles. The number of furan rings is 1. The van der Waals surface area contributed by atoms with Gasteiger partial charge >= 0.3 is 0 Å². The fourth-order valence-electron chi connectivity index (χ4n) is 7.84. The maximum atomic E-state index is 6.75. The van der Waals surface area contributed by atoms with Crippen molar-refractivity contribution in [3.05, 3.63) is 200 Å². The molecule has 0 fully saturated rings. The fraction of sp³-hybridized carbons (Fsp3) is 0. The van der Waals surface area contributed by atoms with E-state index in [-0.39, 0.29) is 0 Å². The van der Waals surface area contributed by atoms with Gasteiger partial charge in [0.1, 0.15) is 5.58 Å². The van der Waals surface area contributed by atoms with E-state index < -0.39 is 0 Å². The molecule has 2 nitrogen and oxygen atoms in total. The lowest BCUT2D eigenvalue weighted by atomic mass is 9.90. The molecular weight excluding hydrogens is 631 g/mol. The van der Waals surface area contributed by atoms with E-state index in [4.69, 9.17) is 4.42 Å². The SMILES string of the molecule is c1ccc(-c2ccc(-c3ccc(N(c4c(-c5ccccc5)c5ccccc5c5ccccc45)c4cccc5c4oc4ccccc45)cc3)cc2)cc1. The van der Waals surface area contributed by atoms with Gasteiger partial charge in [-0.2, -0.15) is 0 Å². The van der Waals surface area contributed by atoms with Crippen molar-refractivity contribution in [3.8, 4) is 33.4 Å². The van der Waals surface area contributed by atoms with Crippen molar-refractivity contribution in [1.82, 2.24) is 0 Å². The summed E-state index contributed by atoms with van der Waals surface area (Å²) in [4.78, 5) is 2.42. The lowest BCUT2D eigenvalue weighted by molar-refractivity contribution is 0.669. The van der Waals surface area contributed by atoms with Gasteiger partial charge in [-0.1, -0.05) is 176 Å². The van der Waals surface area contributed by atoms with Crippen molar-refractivity contribution in [3.63, 3.8) is 0 Å². The summed E-state index contributed by atoms with van der Waals surface area (Å²) in [5, 5.41) is 7.04. The van der Waals surface area contributed by atoms with Crippen molar-refractivity contribution in [2.75, 3.05) is 4.90 Å². The van der Waals surface area contributed by atoms with Crippen LogP contribution in [0.2, 0.25) is 0 Å². The molecule has 0 spiro atoms. The maximum absolute atomic E-state index is 6.75. The summed E-state index contributed by atoms with van der Waals surface area (Å²) in [6.45, 7) is 0. The molecule has 10 aromatic rings. The van der Waals surface area contributed by atoms with Crippen LogP contribution in [0.5, 0.6) is 0 Å². The third kappa shape index (κ3) is 4.96. The summed E-state index contributed by atoms with van der Waals surface area (Å²) in [6.07, 6.45) is 0. The molecule has 0 saturated carbocycles. The zero-order chi connectivity index (χ0) is 34.4. The third-order valence-corrected chi connectivity index (χ3v) is 10.3. The van der Waals surface area contributed by atoms with E-state index >= 15 is 0 Å². The number of nitrogens with zero attached hydrogens (tertiary/aromatic N) is 1. The van der Waals surface area contributed by atoms with Crippen LogP contribution in [0, 0.1) is 0 Å². The summed E-state index contributed by atoms with van der Waals surface area (Å²) in [5.74, 6) is 0. The molecular formula is C50H33NO. The minimum absolute atomic E-state index is 0.862. The normalized spacial score (nSPS) is 11.5. The van der Waals surface area contributed by atoms with Crippen molar-refractivity contribution in [1.29, 1.82) is 0 Å². The maximum Gasteiger partial charge on any atom is 0.159 e. The number of rotatable bonds is 6. The molecule has 0 unspecified atom stereocenters. The van der Waals surface area contributed by atoms with E-state index in [0.29, 0.717) is 0 Å². The molecule has 0 amide bonds. The lowest BCUT2D eigenvalue weighted by Crippen LogP contribution is -2.12. The zero-order valence-corrected chi connectivity index (χ0v) is 28.4. The molecule has 0 atom stereocenters. The molecule has 1 aromatic heterocycles. The number of fused-ring (bicyclic) bond motifs is 6. The average molecular weight is 664 g/mol. The Hall–Kier alpha value is -6.90. The number of hydrogen-bond acceptors (Lipinski definition) is 2. The van der Waals surface area contributed by atoms with Gasteiger partial charge in [0, 0.05) is 27.4 Å². The van der Waals surface area contributed by atoms with Gasteiger partial charge < -0.3 is 9.32 Å². The summed E-state index contributed by atoms with van der Waals surface area (Å²) in [6, 6.07) is 71.6. The summed E-state index contributed by atoms with van der Waals surface area (Å²) >= 11 is 0. The third-order valence-electron chi connectivity index (χ3n) is 10.3. The molecule has 0 aliphatic carbocycles. The predicted molar refractivity (Wildman–Crippen MR) is 220 cm³/mol. The van der Waals surface area contributed by atoms with E-state index in [1.54, 1.807) is 0 Å². The Balaban J connectivity index is 1.24. The highest BCUT2D eigenvalue weighted by atomic mass is 16.3. The first-order valence-electron chi connectivity index (χ1n) is 17.8. The van der Waals surface area contributed by atoms with Crippen LogP contribution in [0.1, 0.15) is 0 Å². The molecule has 0 radical (unpaired) electrons. The lowest BCUT2D eigenvalue weighted by Gasteiger charge is -2.30. The topological polar surface area (TPSA) is 16.4 Å². The Bertz CT molecular complexity index is 2870. The van der Waals surface area contributed by atoms with E-state index in [9.17, 15) is 0 Å². The quantitative estimate of drug-likeness (QED) is 0.165. The molecule has 0 aliphatic heterocycles. The number of anilines is 3. The second-order valence-corrected chi connectivity index (χ2v) is 13.3. The van der Waals surface area contributed by atoms with Gasteiger partial charge in [0.25, 0.3) is 0 Å². The van der Waals surface area contributed by atoms with Crippen LogP contribution in [0.25, 0.3) is 76.9 Å². The molecule has 244 valence electrons. The van der Waals surface area contributed by atoms with Crippen LogP contribution in [-0.4, -0.2) is 0 Å². The molecule has 0 aliphatic rings. The van der Waals surface area contributed by atoms with Crippen LogP contribution in [0.15, 0.2) is 205 Å². The van der Waals surface area contributed by atoms with Gasteiger partial charge in [0.15, 0.2) is 5.58 Å². The number of benzene rings is 9. The highest BCUT2D eigenvalue weighted by Gasteiger charge is 2.26. The van der Waals surface area contributed by atoms with Crippen LogP contribution in [0.4, 0.5) is 17.1 Å². The summed E-state index contributed by atoms with van der Waals surface area (Å²) in [7, 11) is 0. The number of hydrogen-bond donors (Lipinski definition) is 0. The second-order valence-electron chi connectivity index (χ2n) is 13.3. The molecule has 10 rings (SSSR count). The first kappa shape index (κ1) is 30.0. The molecule has 1 heterocycles. The Morgan fingerprint density at radius 3 is 1.42 bits per heavy atom. The van der Waals surface area contributed by atoms with Crippen LogP contribution < -0.4 is 4.90 Å². The first-order chi connectivity index (χ1) is 25.8. The highest BCUT2D eigenvalue weighted by molar-refractivity contribution is 6.23. The van der Waals surface area contributed by atoms with Crippen LogP contribution in [-0.2, 0) is 0 Å². The summed E-state index contributed by atoms with van der Waals surface area (Å²) < 4.78 is 6.75. The van der Waals surface area contributed by atoms with E-state index in [0.717, 1.165) is 50.1 Å². The highest BCUT2D eigenvalue weighted by Crippen LogP contribution is 2.51. The van der Waals surface area contributed by atoms with Crippen molar-refractivity contribution < 1.29 is 4.42 Å². The monoisotopic (exact) mass is 663 g/mol. The largest absolute Gasteiger partial charge is 0.454 e. The Kier molecular flexibility index (Phi) is 7.18. The Morgan fingerprint density at radius 1 is 0.308 bits per heavy atom. The smallest absolute Gasteiger partial charge is 0.159 e.